The molecule has 0 bridgehead atoms. The highest BCUT2D eigenvalue weighted by Crippen LogP contribution is 2.24. The Hall–Kier alpha value is -1.61. The maximum absolute atomic E-state index is 12.9. The number of ether oxygens (including phenoxy) is 1. The van der Waals surface area contributed by atoms with Gasteiger partial charge in [0.25, 0.3) is 5.91 Å². The van der Waals surface area contributed by atoms with Gasteiger partial charge in [-0.3, -0.25) is 9.59 Å². The minimum atomic E-state index is -0.497. The zero-order valence-electron chi connectivity index (χ0n) is 15.2. The van der Waals surface area contributed by atoms with E-state index in [2.05, 4.69) is 39.4 Å². The molecule has 0 radical (unpaired) electrons. The molecular formula is C20H23IN2O3S. The minimum absolute atomic E-state index is 0.00341. The summed E-state index contributed by atoms with van der Waals surface area (Å²) in [4.78, 5) is 28.5. The van der Waals surface area contributed by atoms with Crippen LogP contribution in [0.3, 0.4) is 0 Å². The Labute approximate surface area is 177 Å². The second-order valence-electron chi connectivity index (χ2n) is 6.53. The number of carbonyl (C=O) groups excluding carboxylic acids is 2. The molecule has 0 saturated heterocycles. The summed E-state index contributed by atoms with van der Waals surface area (Å²) >= 11 is 3.96. The predicted octanol–water partition coefficient (Wildman–Crippen LogP) is 3.60. The van der Waals surface area contributed by atoms with Crippen LogP contribution >= 0.6 is 33.9 Å². The van der Waals surface area contributed by atoms with Crippen LogP contribution in [0.25, 0.3) is 0 Å². The SMILES string of the molecule is CCCC(NC(=O)COc1ccc(I)cc1)C(=O)N1CCc2sccc2C1. The van der Waals surface area contributed by atoms with E-state index in [1.165, 1.54) is 10.4 Å². The van der Waals surface area contributed by atoms with E-state index in [0.717, 1.165) is 16.4 Å². The van der Waals surface area contributed by atoms with Gasteiger partial charge in [0.15, 0.2) is 6.61 Å². The lowest BCUT2D eigenvalue weighted by Crippen LogP contribution is -2.50. The van der Waals surface area contributed by atoms with Gasteiger partial charge in [0.2, 0.25) is 5.91 Å². The Balaban J connectivity index is 1.55. The molecule has 7 heteroatoms. The van der Waals surface area contributed by atoms with Crippen molar-refractivity contribution in [2.24, 2.45) is 0 Å². The van der Waals surface area contributed by atoms with Gasteiger partial charge in [-0.05, 0) is 76.7 Å². The van der Waals surface area contributed by atoms with E-state index in [0.29, 0.717) is 25.3 Å². The average Bonchev–Trinajstić information content (AvgIpc) is 3.14. The van der Waals surface area contributed by atoms with Gasteiger partial charge in [0.05, 0.1) is 0 Å². The largest absolute Gasteiger partial charge is 0.484 e. The fourth-order valence-corrected chi connectivity index (χ4v) is 4.37. The minimum Gasteiger partial charge on any atom is -0.484 e. The van der Waals surface area contributed by atoms with Crippen LogP contribution in [0.4, 0.5) is 0 Å². The highest BCUT2D eigenvalue weighted by Gasteiger charge is 2.28. The summed E-state index contributed by atoms with van der Waals surface area (Å²) in [5, 5.41) is 4.94. The van der Waals surface area contributed by atoms with Gasteiger partial charge < -0.3 is 15.0 Å². The maximum Gasteiger partial charge on any atom is 0.258 e. The third-order valence-electron chi connectivity index (χ3n) is 4.51. The summed E-state index contributed by atoms with van der Waals surface area (Å²) < 4.78 is 6.63. The molecule has 1 unspecified atom stereocenters. The van der Waals surface area contributed by atoms with E-state index in [4.69, 9.17) is 4.74 Å². The number of hydrogen-bond acceptors (Lipinski definition) is 4. The van der Waals surface area contributed by atoms with Crippen LogP contribution in [-0.4, -0.2) is 35.9 Å². The van der Waals surface area contributed by atoms with Crippen molar-refractivity contribution in [3.8, 4) is 5.75 Å². The summed E-state index contributed by atoms with van der Waals surface area (Å²) in [5.74, 6) is 0.370. The van der Waals surface area contributed by atoms with Crippen LogP contribution in [-0.2, 0) is 22.6 Å². The first kappa shape index (κ1) is 20.1. The molecule has 0 aliphatic carbocycles. The number of nitrogens with zero attached hydrogens (tertiary/aromatic N) is 1. The molecule has 1 aromatic heterocycles. The Morgan fingerprint density at radius 1 is 1.30 bits per heavy atom. The van der Waals surface area contributed by atoms with Gasteiger partial charge >= 0.3 is 0 Å². The average molecular weight is 498 g/mol. The van der Waals surface area contributed by atoms with E-state index < -0.39 is 6.04 Å². The molecule has 1 atom stereocenters. The van der Waals surface area contributed by atoms with Crippen molar-refractivity contribution in [3.05, 3.63) is 49.7 Å². The fourth-order valence-electron chi connectivity index (χ4n) is 3.12. The summed E-state index contributed by atoms with van der Waals surface area (Å²) in [5.41, 5.74) is 1.23. The van der Waals surface area contributed by atoms with Crippen molar-refractivity contribution < 1.29 is 14.3 Å². The lowest BCUT2D eigenvalue weighted by molar-refractivity contribution is -0.137. The van der Waals surface area contributed by atoms with Gasteiger partial charge in [0, 0.05) is 21.5 Å². The van der Waals surface area contributed by atoms with E-state index >= 15 is 0 Å². The molecule has 0 spiro atoms. The molecule has 2 aromatic rings. The van der Waals surface area contributed by atoms with E-state index in [1.54, 1.807) is 11.3 Å². The number of nitrogens with one attached hydrogen (secondary N) is 1. The normalized spacial score (nSPS) is 14.4. The molecule has 144 valence electrons. The first-order valence-electron chi connectivity index (χ1n) is 9.08. The van der Waals surface area contributed by atoms with Crippen LogP contribution < -0.4 is 10.1 Å². The Kier molecular flexibility index (Phi) is 7.12. The molecule has 1 aliphatic rings. The summed E-state index contributed by atoms with van der Waals surface area (Å²) in [6.07, 6.45) is 2.34. The Bertz CT molecular complexity index is 791. The lowest BCUT2D eigenvalue weighted by Gasteiger charge is -2.30. The van der Waals surface area contributed by atoms with Gasteiger partial charge in [-0.1, -0.05) is 13.3 Å². The molecule has 5 nitrogen and oxygen atoms in total. The number of rotatable bonds is 7. The van der Waals surface area contributed by atoms with E-state index in [9.17, 15) is 9.59 Å². The maximum atomic E-state index is 12.9. The lowest BCUT2D eigenvalue weighted by atomic mass is 10.1. The second-order valence-corrected chi connectivity index (χ2v) is 8.78. The van der Waals surface area contributed by atoms with Crippen molar-refractivity contribution in [1.82, 2.24) is 10.2 Å². The number of carbonyl (C=O) groups is 2. The fraction of sp³-hybridized carbons (Fsp3) is 0.400. The van der Waals surface area contributed by atoms with Crippen molar-refractivity contribution in [1.29, 1.82) is 0 Å². The zero-order chi connectivity index (χ0) is 19.2. The summed E-state index contributed by atoms with van der Waals surface area (Å²) in [6, 6.07) is 9.09. The molecule has 2 heterocycles. The third kappa shape index (κ3) is 5.44. The first-order valence-corrected chi connectivity index (χ1v) is 11.0. The highest BCUT2D eigenvalue weighted by atomic mass is 127. The van der Waals surface area contributed by atoms with E-state index in [-0.39, 0.29) is 18.4 Å². The van der Waals surface area contributed by atoms with E-state index in [1.807, 2.05) is 36.1 Å². The highest BCUT2D eigenvalue weighted by molar-refractivity contribution is 14.1. The topological polar surface area (TPSA) is 58.6 Å². The van der Waals surface area contributed by atoms with Crippen LogP contribution in [0, 0.1) is 3.57 Å². The molecule has 0 fully saturated rings. The number of benzene rings is 1. The van der Waals surface area contributed by atoms with Crippen molar-refractivity contribution in [2.45, 2.75) is 38.8 Å². The second kappa shape index (κ2) is 9.54. The predicted molar refractivity (Wildman–Crippen MR) is 115 cm³/mol. The first-order chi connectivity index (χ1) is 13.1. The van der Waals surface area contributed by atoms with Crippen molar-refractivity contribution in [3.63, 3.8) is 0 Å². The summed E-state index contributed by atoms with van der Waals surface area (Å²) in [7, 11) is 0. The quantitative estimate of drug-likeness (QED) is 0.594. The summed E-state index contributed by atoms with van der Waals surface area (Å²) in [6.45, 7) is 3.26. The molecule has 2 amide bonds. The van der Waals surface area contributed by atoms with Crippen LogP contribution in [0.15, 0.2) is 35.7 Å². The molecule has 1 aromatic carbocycles. The number of hydrogen-bond donors (Lipinski definition) is 1. The Morgan fingerprint density at radius 3 is 2.81 bits per heavy atom. The Morgan fingerprint density at radius 2 is 2.07 bits per heavy atom. The third-order valence-corrected chi connectivity index (χ3v) is 6.26. The monoisotopic (exact) mass is 498 g/mol. The molecular weight excluding hydrogens is 475 g/mol. The van der Waals surface area contributed by atoms with Crippen LogP contribution in [0.2, 0.25) is 0 Å². The van der Waals surface area contributed by atoms with Gasteiger partial charge in [-0.25, -0.2) is 0 Å². The molecule has 1 N–H and O–H groups in total. The molecule has 1 aliphatic heterocycles. The zero-order valence-corrected chi connectivity index (χ0v) is 18.2. The van der Waals surface area contributed by atoms with Gasteiger partial charge in [0.1, 0.15) is 11.8 Å². The number of thiophene rings is 1. The molecule has 3 rings (SSSR count). The van der Waals surface area contributed by atoms with Gasteiger partial charge in [-0.15, -0.1) is 11.3 Å². The molecule has 0 saturated carbocycles. The number of fused-ring (bicyclic) bond motifs is 1. The van der Waals surface area contributed by atoms with Crippen LogP contribution in [0.5, 0.6) is 5.75 Å². The van der Waals surface area contributed by atoms with Crippen molar-refractivity contribution >= 4 is 45.7 Å². The van der Waals surface area contributed by atoms with Crippen LogP contribution in [0.1, 0.15) is 30.2 Å². The smallest absolute Gasteiger partial charge is 0.258 e. The number of halogens is 1. The standard InChI is InChI=1S/C20H23IN2O3S/c1-2-3-17(20(25)23-10-8-18-14(12-23)9-11-27-18)22-19(24)13-26-16-6-4-15(21)5-7-16/h4-7,9,11,17H,2-3,8,10,12-13H2,1H3,(H,22,24). The molecule has 27 heavy (non-hydrogen) atoms. The van der Waals surface area contributed by atoms with Crippen molar-refractivity contribution in [2.75, 3.05) is 13.2 Å². The van der Waals surface area contributed by atoms with Gasteiger partial charge in [-0.2, -0.15) is 0 Å². The number of amides is 2.